The van der Waals surface area contributed by atoms with E-state index < -0.39 is 21.4 Å². The van der Waals surface area contributed by atoms with E-state index in [0.29, 0.717) is 37.1 Å². The third-order valence-electron chi connectivity index (χ3n) is 9.81. The molecule has 0 N–H and O–H groups in total. The van der Waals surface area contributed by atoms with Crippen molar-refractivity contribution in [1.82, 2.24) is 9.88 Å². The third-order valence-corrected chi connectivity index (χ3v) is 11.1. The van der Waals surface area contributed by atoms with Crippen molar-refractivity contribution in [3.05, 3.63) is 124 Å². The van der Waals surface area contributed by atoms with E-state index in [1.807, 2.05) is 54.7 Å². The molecule has 0 bridgehead atoms. The Bertz CT molecular complexity index is 2020. The standard InChI is InChI=1S/C30H28ClFN2O.C9H11F3O5S/c31-24-10-6-21(7-11-24)18-30(35)34(20-22-4-2-1-3-5-22)26-13-8-23(9-14-26)27-16-17-33-29-15-12-25(32)19-28(27)29;10-9(11,12)18(13,14)17-7-1-3-8(4-2-7)15-5-6-16-8/h1-7,10-12,15-17,19,23,26H,8-9,13-14,18,20H2;1H,2-6H2. The fraction of sp³-hybridized carbons (Fsp3) is 0.385. The SMILES string of the molecule is O=C(Cc1ccc(Cl)cc1)N(Cc1ccccc1)C1CCC(c2ccnc3ccc(F)cc23)CC1.O=S(=O)(OC1=CCC2(CC1)OCCO2)C(F)(F)F. The second-order valence-corrected chi connectivity index (χ2v) is 15.3. The van der Waals surface area contributed by atoms with Crippen molar-refractivity contribution < 1.29 is 44.4 Å². The number of benzene rings is 3. The molecule has 1 aliphatic heterocycles. The van der Waals surface area contributed by atoms with E-state index in [-0.39, 0.29) is 42.8 Å². The number of nitrogens with zero attached hydrogens (tertiary/aromatic N) is 2. The van der Waals surface area contributed by atoms with Crippen LogP contribution in [-0.4, -0.2) is 54.8 Å². The lowest BCUT2D eigenvalue weighted by Crippen LogP contribution is -2.42. The molecule has 1 aromatic heterocycles. The van der Waals surface area contributed by atoms with Gasteiger partial charge in [0.1, 0.15) is 11.6 Å². The van der Waals surface area contributed by atoms with Crippen LogP contribution in [0.15, 0.2) is 96.9 Å². The number of allylic oxidation sites excluding steroid dienone is 1. The molecule has 1 saturated carbocycles. The van der Waals surface area contributed by atoms with Gasteiger partial charge in [-0.1, -0.05) is 54.1 Å². The quantitative estimate of drug-likeness (QED) is 0.100. The van der Waals surface area contributed by atoms with Crippen LogP contribution >= 0.6 is 11.6 Å². The molecule has 7 rings (SSSR count). The molecule has 1 spiro atoms. The van der Waals surface area contributed by atoms with Crippen molar-refractivity contribution in [3.8, 4) is 0 Å². The average molecular weight is 775 g/mol. The second kappa shape index (κ2) is 16.5. The van der Waals surface area contributed by atoms with Crippen molar-refractivity contribution in [2.24, 2.45) is 0 Å². The average Bonchev–Trinajstić information content (AvgIpc) is 3.60. The highest BCUT2D eigenvalue weighted by Crippen LogP contribution is 2.39. The summed E-state index contributed by atoms with van der Waals surface area (Å²) < 4.78 is 86.5. The van der Waals surface area contributed by atoms with Crippen LogP contribution in [0.4, 0.5) is 17.6 Å². The molecule has 0 unspecified atom stereocenters. The minimum atomic E-state index is -5.58. The predicted octanol–water partition coefficient (Wildman–Crippen LogP) is 8.99. The van der Waals surface area contributed by atoms with Gasteiger partial charge in [0.05, 0.1) is 25.2 Å². The zero-order valence-corrected chi connectivity index (χ0v) is 30.3. The first-order chi connectivity index (χ1) is 25.3. The molecule has 14 heteroatoms. The fourth-order valence-corrected chi connectivity index (χ4v) is 7.74. The Labute approximate surface area is 310 Å². The normalized spacial score (nSPS) is 20.0. The van der Waals surface area contributed by atoms with E-state index >= 15 is 0 Å². The number of pyridine rings is 1. The summed E-state index contributed by atoms with van der Waals surface area (Å²) in [6.45, 7) is 1.45. The molecule has 4 aromatic rings. The van der Waals surface area contributed by atoms with E-state index in [9.17, 15) is 30.8 Å². The minimum absolute atomic E-state index is 0.0231. The highest BCUT2D eigenvalue weighted by atomic mass is 35.5. The molecule has 53 heavy (non-hydrogen) atoms. The summed E-state index contributed by atoms with van der Waals surface area (Å²) in [4.78, 5) is 20.0. The summed E-state index contributed by atoms with van der Waals surface area (Å²) >= 11 is 6.03. The molecule has 2 fully saturated rings. The number of rotatable bonds is 8. The number of aromatic nitrogens is 1. The number of carbonyl (C=O) groups excluding carboxylic acids is 1. The van der Waals surface area contributed by atoms with Gasteiger partial charge in [-0.3, -0.25) is 9.78 Å². The van der Waals surface area contributed by atoms with Gasteiger partial charge in [-0.2, -0.15) is 21.6 Å². The van der Waals surface area contributed by atoms with Crippen LogP contribution in [0.25, 0.3) is 10.9 Å². The number of amides is 1. The Balaban J connectivity index is 0.000000225. The van der Waals surface area contributed by atoms with Gasteiger partial charge in [0.15, 0.2) is 5.79 Å². The number of carbonyl (C=O) groups is 1. The van der Waals surface area contributed by atoms with Gasteiger partial charge in [-0.15, -0.1) is 0 Å². The van der Waals surface area contributed by atoms with E-state index in [0.717, 1.165) is 53.3 Å². The largest absolute Gasteiger partial charge is 0.534 e. The van der Waals surface area contributed by atoms with Gasteiger partial charge in [0, 0.05) is 48.5 Å². The van der Waals surface area contributed by atoms with E-state index in [1.165, 1.54) is 12.1 Å². The van der Waals surface area contributed by atoms with E-state index in [4.69, 9.17) is 21.1 Å². The van der Waals surface area contributed by atoms with Gasteiger partial charge >= 0.3 is 15.6 Å². The van der Waals surface area contributed by atoms with Crippen LogP contribution in [-0.2, 0) is 41.5 Å². The third kappa shape index (κ3) is 9.74. The summed E-state index contributed by atoms with van der Waals surface area (Å²) in [5, 5.41) is 1.57. The van der Waals surface area contributed by atoms with Crippen molar-refractivity contribution in [2.45, 2.75) is 81.2 Å². The summed E-state index contributed by atoms with van der Waals surface area (Å²) in [6.07, 6.45) is 7.66. The lowest BCUT2D eigenvalue weighted by Gasteiger charge is -2.37. The highest BCUT2D eigenvalue weighted by molar-refractivity contribution is 7.87. The van der Waals surface area contributed by atoms with Crippen LogP contribution in [0, 0.1) is 5.82 Å². The molecule has 3 aromatic carbocycles. The zero-order chi connectivity index (χ0) is 37.6. The lowest BCUT2D eigenvalue weighted by atomic mass is 9.80. The molecule has 2 aliphatic carbocycles. The highest BCUT2D eigenvalue weighted by Gasteiger charge is 2.49. The molecule has 282 valence electrons. The van der Waals surface area contributed by atoms with Gasteiger partial charge in [0.25, 0.3) is 0 Å². The minimum Gasteiger partial charge on any atom is -0.381 e. The maximum absolute atomic E-state index is 14.0. The van der Waals surface area contributed by atoms with Crippen molar-refractivity contribution >= 4 is 38.5 Å². The number of hydrogen-bond acceptors (Lipinski definition) is 7. The Kier molecular flexibility index (Phi) is 12.1. The maximum atomic E-state index is 14.0. The number of ether oxygens (including phenoxy) is 2. The Hall–Kier alpha value is -4.04. The van der Waals surface area contributed by atoms with E-state index in [2.05, 4.69) is 26.2 Å². The molecule has 2 heterocycles. The van der Waals surface area contributed by atoms with Crippen LogP contribution < -0.4 is 0 Å². The fourth-order valence-electron chi connectivity index (χ4n) is 7.08. The Morgan fingerprint density at radius 2 is 1.64 bits per heavy atom. The van der Waals surface area contributed by atoms with Gasteiger partial charge in [-0.25, -0.2) is 4.39 Å². The molecular weight excluding hydrogens is 736 g/mol. The molecular formula is C39H39ClF4N2O6S. The Morgan fingerprint density at radius 1 is 0.943 bits per heavy atom. The topological polar surface area (TPSA) is 95.0 Å². The van der Waals surface area contributed by atoms with Gasteiger partial charge in [0.2, 0.25) is 5.91 Å². The maximum Gasteiger partial charge on any atom is 0.534 e. The van der Waals surface area contributed by atoms with E-state index in [1.54, 1.807) is 12.1 Å². The Morgan fingerprint density at radius 3 is 2.28 bits per heavy atom. The summed E-state index contributed by atoms with van der Waals surface area (Å²) in [6, 6.07) is 24.7. The molecule has 1 saturated heterocycles. The summed E-state index contributed by atoms with van der Waals surface area (Å²) in [7, 11) is -5.58. The summed E-state index contributed by atoms with van der Waals surface area (Å²) in [5.74, 6) is -0.812. The predicted molar refractivity (Wildman–Crippen MR) is 191 cm³/mol. The van der Waals surface area contributed by atoms with Crippen LogP contribution in [0.5, 0.6) is 0 Å². The van der Waals surface area contributed by atoms with Gasteiger partial charge in [-0.05, 0) is 90.8 Å². The van der Waals surface area contributed by atoms with Crippen LogP contribution in [0.3, 0.4) is 0 Å². The van der Waals surface area contributed by atoms with Crippen molar-refractivity contribution in [3.63, 3.8) is 0 Å². The molecule has 3 aliphatic rings. The molecule has 0 atom stereocenters. The first kappa shape index (κ1) is 38.7. The van der Waals surface area contributed by atoms with Gasteiger partial charge < -0.3 is 18.6 Å². The lowest BCUT2D eigenvalue weighted by molar-refractivity contribution is -0.163. The smallest absolute Gasteiger partial charge is 0.381 e. The first-order valence-corrected chi connectivity index (χ1v) is 19.2. The molecule has 8 nitrogen and oxygen atoms in total. The monoisotopic (exact) mass is 774 g/mol. The first-order valence-electron chi connectivity index (χ1n) is 17.4. The second-order valence-electron chi connectivity index (χ2n) is 13.3. The number of alkyl halides is 3. The number of hydrogen-bond donors (Lipinski definition) is 0. The summed E-state index contributed by atoms with van der Waals surface area (Å²) in [5.41, 5.74) is -1.32. The number of halogens is 5. The zero-order valence-electron chi connectivity index (χ0n) is 28.7. The van der Waals surface area contributed by atoms with Crippen molar-refractivity contribution in [1.29, 1.82) is 0 Å². The number of fused-ring (bicyclic) bond motifs is 1. The van der Waals surface area contributed by atoms with Crippen LogP contribution in [0.1, 0.15) is 67.6 Å². The van der Waals surface area contributed by atoms with Crippen molar-refractivity contribution in [2.75, 3.05) is 13.2 Å². The van der Waals surface area contributed by atoms with Crippen LogP contribution in [0.2, 0.25) is 5.02 Å². The molecule has 0 radical (unpaired) electrons. The molecule has 1 amide bonds.